The molecular formula is C15H21NO3. The fourth-order valence-corrected chi connectivity index (χ4v) is 2.67. The summed E-state index contributed by atoms with van der Waals surface area (Å²) >= 11 is 0. The first-order valence-electron chi connectivity index (χ1n) is 6.83. The van der Waals surface area contributed by atoms with Crippen LogP contribution in [0, 0.1) is 0 Å². The molecule has 1 heterocycles. The van der Waals surface area contributed by atoms with Gasteiger partial charge in [0.2, 0.25) is 0 Å². The van der Waals surface area contributed by atoms with Crippen LogP contribution in [0.4, 0.5) is 0 Å². The van der Waals surface area contributed by atoms with Gasteiger partial charge >= 0.3 is 5.97 Å². The molecule has 104 valence electrons. The molecule has 0 aromatic heterocycles. The number of aryl methyl sites for hydroxylation is 1. The van der Waals surface area contributed by atoms with Crippen molar-refractivity contribution in [3.05, 3.63) is 35.4 Å². The van der Waals surface area contributed by atoms with Crippen LogP contribution >= 0.6 is 0 Å². The summed E-state index contributed by atoms with van der Waals surface area (Å²) in [5, 5.41) is 9.18. The number of rotatable bonds is 5. The Balaban J connectivity index is 2.27. The first-order chi connectivity index (χ1) is 9.22. The Morgan fingerprint density at radius 3 is 2.68 bits per heavy atom. The van der Waals surface area contributed by atoms with Crippen LogP contribution in [0.1, 0.15) is 30.5 Å². The summed E-state index contributed by atoms with van der Waals surface area (Å²) in [5.74, 6) is -0.748. The van der Waals surface area contributed by atoms with E-state index in [0.717, 1.165) is 25.1 Å². The number of carboxylic acid groups (broad SMARTS) is 1. The number of aliphatic carboxylic acids is 1. The van der Waals surface area contributed by atoms with Crippen LogP contribution in [-0.2, 0) is 16.0 Å². The van der Waals surface area contributed by atoms with Gasteiger partial charge in [0.1, 0.15) is 0 Å². The Hall–Kier alpha value is -1.39. The van der Waals surface area contributed by atoms with Crippen LogP contribution in [0.5, 0.6) is 0 Å². The third-order valence-corrected chi connectivity index (χ3v) is 3.65. The Morgan fingerprint density at radius 2 is 2.05 bits per heavy atom. The van der Waals surface area contributed by atoms with Gasteiger partial charge in [-0.3, -0.25) is 9.69 Å². The van der Waals surface area contributed by atoms with Crippen molar-refractivity contribution in [2.75, 3.05) is 26.3 Å². The summed E-state index contributed by atoms with van der Waals surface area (Å²) in [6.45, 7) is 5.08. The zero-order valence-corrected chi connectivity index (χ0v) is 11.3. The number of benzene rings is 1. The fourth-order valence-electron chi connectivity index (χ4n) is 2.67. The van der Waals surface area contributed by atoms with E-state index in [4.69, 9.17) is 4.74 Å². The highest BCUT2D eigenvalue weighted by Crippen LogP contribution is 2.28. The molecule has 0 spiro atoms. The molecule has 2 rings (SSSR count). The van der Waals surface area contributed by atoms with E-state index >= 15 is 0 Å². The number of carboxylic acids is 1. The lowest BCUT2D eigenvalue weighted by atomic mass is 9.95. The summed E-state index contributed by atoms with van der Waals surface area (Å²) in [4.78, 5) is 13.4. The van der Waals surface area contributed by atoms with Gasteiger partial charge in [-0.15, -0.1) is 0 Å². The molecule has 1 N–H and O–H groups in total. The molecule has 0 amide bonds. The van der Waals surface area contributed by atoms with Crippen molar-refractivity contribution in [3.63, 3.8) is 0 Å². The Labute approximate surface area is 114 Å². The lowest BCUT2D eigenvalue weighted by Gasteiger charge is -2.35. The predicted octanol–water partition coefficient (Wildman–Crippen LogP) is 2.10. The fraction of sp³-hybridized carbons (Fsp3) is 0.533. The van der Waals surface area contributed by atoms with Gasteiger partial charge in [-0.25, -0.2) is 0 Å². The number of hydrogen-bond donors (Lipinski definition) is 1. The normalized spacial score (nSPS) is 18.2. The van der Waals surface area contributed by atoms with Gasteiger partial charge in [0.05, 0.1) is 19.6 Å². The maximum Gasteiger partial charge on any atom is 0.305 e. The van der Waals surface area contributed by atoms with Crippen molar-refractivity contribution < 1.29 is 14.6 Å². The first kappa shape index (κ1) is 14.0. The van der Waals surface area contributed by atoms with E-state index in [1.54, 1.807) is 0 Å². The predicted molar refractivity (Wildman–Crippen MR) is 73.2 cm³/mol. The average Bonchev–Trinajstić information content (AvgIpc) is 2.45. The van der Waals surface area contributed by atoms with Gasteiger partial charge in [0.25, 0.3) is 0 Å². The Bertz CT molecular complexity index is 427. The van der Waals surface area contributed by atoms with Gasteiger partial charge in [0, 0.05) is 19.1 Å². The molecule has 19 heavy (non-hydrogen) atoms. The molecule has 1 atom stereocenters. The summed E-state index contributed by atoms with van der Waals surface area (Å²) in [6, 6.07) is 8.10. The largest absolute Gasteiger partial charge is 0.481 e. The minimum Gasteiger partial charge on any atom is -0.481 e. The van der Waals surface area contributed by atoms with Gasteiger partial charge in [-0.1, -0.05) is 31.2 Å². The topological polar surface area (TPSA) is 49.8 Å². The van der Waals surface area contributed by atoms with Crippen molar-refractivity contribution in [2.45, 2.75) is 25.8 Å². The maximum atomic E-state index is 11.2. The van der Waals surface area contributed by atoms with E-state index in [1.165, 1.54) is 5.56 Å². The molecular weight excluding hydrogens is 242 g/mol. The number of nitrogens with zero attached hydrogens (tertiary/aromatic N) is 1. The van der Waals surface area contributed by atoms with E-state index < -0.39 is 5.97 Å². The molecule has 4 nitrogen and oxygen atoms in total. The number of ether oxygens (including phenoxy) is 1. The second kappa shape index (κ2) is 6.68. The molecule has 1 aliphatic rings. The quantitative estimate of drug-likeness (QED) is 0.884. The minimum atomic E-state index is -0.748. The summed E-state index contributed by atoms with van der Waals surface area (Å²) < 4.78 is 5.36. The van der Waals surface area contributed by atoms with E-state index in [0.29, 0.717) is 13.2 Å². The molecule has 0 aliphatic carbocycles. The van der Waals surface area contributed by atoms with Crippen LogP contribution in [0.15, 0.2) is 24.3 Å². The van der Waals surface area contributed by atoms with Crippen LogP contribution in [-0.4, -0.2) is 42.3 Å². The Kier molecular flexibility index (Phi) is 4.93. The molecule has 1 saturated heterocycles. The van der Waals surface area contributed by atoms with E-state index in [9.17, 15) is 9.90 Å². The minimum absolute atomic E-state index is 0.0439. The van der Waals surface area contributed by atoms with E-state index in [-0.39, 0.29) is 12.5 Å². The molecule has 0 radical (unpaired) electrons. The zero-order valence-electron chi connectivity index (χ0n) is 11.3. The number of morpholine rings is 1. The van der Waals surface area contributed by atoms with Crippen LogP contribution in [0.3, 0.4) is 0 Å². The van der Waals surface area contributed by atoms with Crippen molar-refractivity contribution in [1.29, 1.82) is 0 Å². The van der Waals surface area contributed by atoms with Crippen molar-refractivity contribution in [2.24, 2.45) is 0 Å². The highest BCUT2D eigenvalue weighted by atomic mass is 16.5. The SMILES string of the molecule is CCc1ccccc1C(CC(=O)O)N1CCOCC1. The highest BCUT2D eigenvalue weighted by Gasteiger charge is 2.26. The van der Waals surface area contributed by atoms with Crippen LogP contribution < -0.4 is 0 Å². The third-order valence-electron chi connectivity index (χ3n) is 3.65. The van der Waals surface area contributed by atoms with E-state index in [2.05, 4.69) is 24.0 Å². The molecule has 4 heteroatoms. The van der Waals surface area contributed by atoms with Gasteiger partial charge in [0.15, 0.2) is 0 Å². The van der Waals surface area contributed by atoms with Crippen molar-refractivity contribution >= 4 is 5.97 Å². The molecule has 0 bridgehead atoms. The van der Waals surface area contributed by atoms with Gasteiger partial charge in [-0.2, -0.15) is 0 Å². The second-order valence-electron chi connectivity index (χ2n) is 4.81. The highest BCUT2D eigenvalue weighted by molar-refractivity contribution is 5.68. The first-order valence-corrected chi connectivity index (χ1v) is 6.83. The van der Waals surface area contributed by atoms with Crippen LogP contribution in [0.25, 0.3) is 0 Å². The summed E-state index contributed by atoms with van der Waals surface area (Å²) in [5.41, 5.74) is 2.38. The average molecular weight is 263 g/mol. The Morgan fingerprint density at radius 1 is 1.37 bits per heavy atom. The van der Waals surface area contributed by atoms with Gasteiger partial charge in [-0.05, 0) is 17.5 Å². The molecule has 1 aromatic carbocycles. The lowest BCUT2D eigenvalue weighted by Crippen LogP contribution is -2.40. The molecule has 0 saturated carbocycles. The molecule has 1 aliphatic heterocycles. The van der Waals surface area contributed by atoms with Crippen molar-refractivity contribution in [3.8, 4) is 0 Å². The third kappa shape index (κ3) is 3.55. The van der Waals surface area contributed by atoms with Crippen molar-refractivity contribution in [1.82, 2.24) is 4.90 Å². The molecule has 1 fully saturated rings. The molecule has 1 unspecified atom stereocenters. The summed E-state index contributed by atoms with van der Waals surface area (Å²) in [7, 11) is 0. The van der Waals surface area contributed by atoms with E-state index in [1.807, 2.05) is 12.1 Å². The second-order valence-corrected chi connectivity index (χ2v) is 4.81. The number of hydrogen-bond acceptors (Lipinski definition) is 3. The lowest BCUT2D eigenvalue weighted by molar-refractivity contribution is -0.139. The van der Waals surface area contributed by atoms with Gasteiger partial charge < -0.3 is 9.84 Å². The monoisotopic (exact) mass is 263 g/mol. The standard InChI is InChI=1S/C15H21NO3/c1-2-12-5-3-4-6-13(12)14(11-15(17)18)16-7-9-19-10-8-16/h3-6,14H,2,7-11H2,1H3,(H,17,18). The zero-order chi connectivity index (χ0) is 13.7. The maximum absolute atomic E-state index is 11.2. The molecule has 1 aromatic rings. The summed E-state index contributed by atoms with van der Waals surface area (Å²) in [6.07, 6.45) is 1.08. The number of carbonyl (C=O) groups is 1. The smallest absolute Gasteiger partial charge is 0.305 e. The van der Waals surface area contributed by atoms with Crippen LogP contribution in [0.2, 0.25) is 0 Å².